The van der Waals surface area contributed by atoms with Crippen molar-refractivity contribution >= 4 is 23.4 Å². The molecule has 2 heterocycles. The van der Waals surface area contributed by atoms with Crippen molar-refractivity contribution in [3.8, 4) is 0 Å². The Morgan fingerprint density at radius 1 is 1.44 bits per heavy atom. The molecule has 0 amide bonds. The predicted octanol–water partition coefficient (Wildman–Crippen LogP) is 3.94. The second-order valence-corrected chi connectivity index (χ2v) is 7.03. The van der Waals surface area contributed by atoms with Crippen LogP contribution in [0.15, 0.2) is 0 Å². The van der Waals surface area contributed by atoms with Crippen LogP contribution in [0.4, 0.5) is 0 Å². The van der Waals surface area contributed by atoms with E-state index >= 15 is 0 Å². The van der Waals surface area contributed by atoms with Crippen molar-refractivity contribution in [2.45, 2.75) is 44.6 Å². The molecule has 3 heteroatoms. The monoisotopic (exact) mass is 262 g/mol. The fourth-order valence-corrected chi connectivity index (χ4v) is 4.42. The van der Waals surface area contributed by atoms with Gasteiger partial charge in [-0.3, -0.25) is 0 Å². The molecule has 0 aromatic rings. The molecule has 1 spiro atoms. The van der Waals surface area contributed by atoms with Crippen LogP contribution < -0.4 is 0 Å². The number of alkyl halides is 1. The summed E-state index contributed by atoms with van der Waals surface area (Å²) in [5.41, 5.74) is 0.250. The van der Waals surface area contributed by atoms with Gasteiger partial charge in [0.2, 0.25) is 0 Å². The first kappa shape index (κ1) is 13.0. The van der Waals surface area contributed by atoms with Crippen LogP contribution in [0.2, 0.25) is 0 Å². The van der Waals surface area contributed by atoms with E-state index < -0.39 is 0 Å². The van der Waals surface area contributed by atoms with Crippen LogP contribution in [0.25, 0.3) is 0 Å². The molecule has 0 radical (unpaired) electrons. The maximum atomic E-state index is 6.11. The normalized spacial score (nSPS) is 31.5. The number of halogens is 1. The first-order chi connectivity index (χ1) is 7.74. The molecule has 2 aliphatic heterocycles. The Bertz CT molecular complexity index is 210. The lowest BCUT2D eigenvalue weighted by atomic mass is 9.79. The topological polar surface area (TPSA) is 9.23 Å². The van der Waals surface area contributed by atoms with Gasteiger partial charge in [-0.05, 0) is 55.4 Å². The number of thioether (sulfide) groups is 1. The SMILES string of the molecule is CC(CCl)CC1CCOC2(CCSCC2)C1. The van der Waals surface area contributed by atoms with Crippen LogP contribution in [-0.2, 0) is 4.74 Å². The molecule has 0 saturated carbocycles. The molecule has 16 heavy (non-hydrogen) atoms. The Balaban J connectivity index is 1.87. The van der Waals surface area contributed by atoms with Crippen LogP contribution in [0, 0.1) is 11.8 Å². The van der Waals surface area contributed by atoms with Crippen molar-refractivity contribution < 1.29 is 4.74 Å². The highest BCUT2D eigenvalue weighted by molar-refractivity contribution is 7.99. The van der Waals surface area contributed by atoms with E-state index in [1.165, 1.54) is 43.6 Å². The average Bonchev–Trinajstić information content (AvgIpc) is 2.30. The summed E-state index contributed by atoms with van der Waals surface area (Å²) in [5, 5.41) is 0. The second kappa shape index (κ2) is 5.97. The molecule has 2 saturated heterocycles. The van der Waals surface area contributed by atoms with Crippen molar-refractivity contribution in [1.29, 1.82) is 0 Å². The molecule has 2 atom stereocenters. The van der Waals surface area contributed by atoms with Gasteiger partial charge < -0.3 is 4.74 Å². The fourth-order valence-electron chi connectivity index (χ4n) is 3.05. The van der Waals surface area contributed by atoms with Crippen LogP contribution in [0.5, 0.6) is 0 Å². The molecule has 0 aliphatic carbocycles. The number of rotatable bonds is 3. The average molecular weight is 263 g/mol. The van der Waals surface area contributed by atoms with Crippen LogP contribution in [-0.4, -0.2) is 29.6 Å². The van der Waals surface area contributed by atoms with E-state index in [4.69, 9.17) is 16.3 Å². The van der Waals surface area contributed by atoms with E-state index in [1.807, 2.05) is 0 Å². The molecule has 94 valence electrons. The van der Waals surface area contributed by atoms with Crippen molar-refractivity contribution in [1.82, 2.24) is 0 Å². The molecule has 2 unspecified atom stereocenters. The molecule has 0 aromatic heterocycles. The Morgan fingerprint density at radius 3 is 2.88 bits per heavy atom. The molecule has 2 rings (SSSR count). The lowest BCUT2D eigenvalue weighted by Gasteiger charge is -2.43. The minimum atomic E-state index is 0.250. The van der Waals surface area contributed by atoms with E-state index in [-0.39, 0.29) is 5.60 Å². The summed E-state index contributed by atoms with van der Waals surface area (Å²) < 4.78 is 6.11. The molecule has 0 N–H and O–H groups in total. The van der Waals surface area contributed by atoms with Gasteiger partial charge in [0.15, 0.2) is 0 Å². The molecular formula is C13H23ClOS. The lowest BCUT2D eigenvalue weighted by Crippen LogP contribution is -2.43. The van der Waals surface area contributed by atoms with E-state index in [0.29, 0.717) is 5.92 Å². The van der Waals surface area contributed by atoms with Gasteiger partial charge in [0, 0.05) is 12.5 Å². The van der Waals surface area contributed by atoms with Crippen LogP contribution >= 0.6 is 23.4 Å². The van der Waals surface area contributed by atoms with Gasteiger partial charge in [0.25, 0.3) is 0 Å². The zero-order valence-corrected chi connectivity index (χ0v) is 11.8. The van der Waals surface area contributed by atoms with E-state index in [2.05, 4.69) is 18.7 Å². The van der Waals surface area contributed by atoms with Gasteiger partial charge in [-0.1, -0.05) is 6.92 Å². The highest BCUT2D eigenvalue weighted by atomic mass is 35.5. The summed E-state index contributed by atoms with van der Waals surface area (Å²) in [4.78, 5) is 0. The fraction of sp³-hybridized carbons (Fsp3) is 1.00. The molecule has 2 fully saturated rings. The Labute approximate surface area is 109 Å². The highest BCUT2D eigenvalue weighted by Crippen LogP contribution is 2.41. The molecule has 0 aromatic carbocycles. The van der Waals surface area contributed by atoms with Gasteiger partial charge in [-0.25, -0.2) is 0 Å². The Kier molecular flexibility index (Phi) is 4.87. The summed E-state index contributed by atoms with van der Waals surface area (Å²) in [7, 11) is 0. The van der Waals surface area contributed by atoms with Gasteiger partial charge in [-0.15, -0.1) is 11.6 Å². The Hall–Kier alpha value is 0.600. The summed E-state index contributed by atoms with van der Waals surface area (Å²) in [5.74, 6) is 4.90. The van der Waals surface area contributed by atoms with Gasteiger partial charge in [-0.2, -0.15) is 11.8 Å². The maximum absolute atomic E-state index is 6.11. The Morgan fingerprint density at radius 2 is 2.19 bits per heavy atom. The van der Waals surface area contributed by atoms with Crippen LogP contribution in [0.1, 0.15) is 39.0 Å². The van der Waals surface area contributed by atoms with Crippen LogP contribution in [0.3, 0.4) is 0 Å². The van der Waals surface area contributed by atoms with Crippen molar-refractivity contribution in [3.05, 3.63) is 0 Å². The standard InChI is InChI=1S/C13H23ClOS/c1-11(10-14)8-12-2-5-15-13(9-12)3-6-16-7-4-13/h11-12H,2-10H2,1H3. The van der Waals surface area contributed by atoms with Crippen molar-refractivity contribution in [3.63, 3.8) is 0 Å². The minimum Gasteiger partial charge on any atom is -0.375 e. The lowest BCUT2D eigenvalue weighted by molar-refractivity contribution is -0.104. The van der Waals surface area contributed by atoms with Crippen molar-refractivity contribution in [2.75, 3.05) is 24.0 Å². The summed E-state index contributed by atoms with van der Waals surface area (Å²) in [6.07, 6.45) is 6.36. The third-order valence-corrected chi connectivity index (χ3v) is 5.51. The smallest absolute Gasteiger partial charge is 0.0700 e. The second-order valence-electron chi connectivity index (χ2n) is 5.50. The van der Waals surface area contributed by atoms with Gasteiger partial charge in [0.1, 0.15) is 0 Å². The van der Waals surface area contributed by atoms with E-state index in [1.54, 1.807) is 0 Å². The third kappa shape index (κ3) is 3.30. The maximum Gasteiger partial charge on any atom is 0.0700 e. The zero-order valence-electron chi connectivity index (χ0n) is 10.2. The third-order valence-electron chi connectivity index (χ3n) is 4.00. The molecule has 2 aliphatic rings. The molecule has 0 bridgehead atoms. The number of hydrogen-bond acceptors (Lipinski definition) is 2. The highest BCUT2D eigenvalue weighted by Gasteiger charge is 2.38. The first-order valence-electron chi connectivity index (χ1n) is 6.52. The molecular weight excluding hydrogens is 240 g/mol. The quantitative estimate of drug-likeness (QED) is 0.713. The minimum absolute atomic E-state index is 0.250. The van der Waals surface area contributed by atoms with Gasteiger partial charge >= 0.3 is 0 Å². The summed E-state index contributed by atoms with van der Waals surface area (Å²) in [6, 6.07) is 0. The number of hydrogen-bond donors (Lipinski definition) is 0. The summed E-state index contributed by atoms with van der Waals surface area (Å²) >= 11 is 7.99. The zero-order chi connectivity index (χ0) is 11.4. The van der Waals surface area contributed by atoms with E-state index in [0.717, 1.165) is 18.4 Å². The van der Waals surface area contributed by atoms with Crippen molar-refractivity contribution in [2.24, 2.45) is 11.8 Å². The summed E-state index contributed by atoms with van der Waals surface area (Å²) in [6.45, 7) is 3.25. The molecule has 1 nitrogen and oxygen atoms in total. The first-order valence-corrected chi connectivity index (χ1v) is 8.21. The number of ether oxygens (including phenoxy) is 1. The van der Waals surface area contributed by atoms with Gasteiger partial charge in [0.05, 0.1) is 5.60 Å². The predicted molar refractivity (Wildman–Crippen MR) is 72.5 cm³/mol. The largest absolute Gasteiger partial charge is 0.375 e. The van der Waals surface area contributed by atoms with E-state index in [9.17, 15) is 0 Å².